The quantitative estimate of drug-likeness (QED) is 0.507. The van der Waals surface area contributed by atoms with Gasteiger partial charge in [-0.15, -0.1) is 0 Å². The van der Waals surface area contributed by atoms with Crippen molar-refractivity contribution in [2.45, 2.75) is 50.7 Å². The molecule has 1 aromatic heterocycles. The number of carbonyl (C=O) groups is 1. The van der Waals surface area contributed by atoms with Crippen molar-refractivity contribution in [3.63, 3.8) is 0 Å². The van der Waals surface area contributed by atoms with E-state index in [1.807, 2.05) is 30.3 Å². The number of nitrogens with zero attached hydrogens (tertiary/aromatic N) is 1. The zero-order valence-corrected chi connectivity index (χ0v) is 19.6. The van der Waals surface area contributed by atoms with E-state index >= 15 is 0 Å². The molecule has 1 heterocycles. The second-order valence-corrected chi connectivity index (χ2v) is 9.82. The number of aromatic nitrogens is 1. The fourth-order valence-corrected chi connectivity index (χ4v) is 5.95. The standard InChI is InChI=1S/C29H32N2O3/c1-20(32)18-31-28(33)22-6-9-23(10-7-22)29(17-21-5-8-25(29)16-21)24-11-13-27(14-12-24)34-19-26-4-2-3-15-30-26/h2-4,6-7,9-15,20-21,25,32H,5,8,16-19H2,1H3,(H,31,33). The molecule has 2 aromatic carbocycles. The highest BCUT2D eigenvalue weighted by atomic mass is 16.5. The summed E-state index contributed by atoms with van der Waals surface area (Å²) in [4.78, 5) is 16.7. The number of nitrogens with one attached hydrogen (secondary N) is 1. The molecule has 5 rings (SSSR count). The Hall–Kier alpha value is -3.18. The highest BCUT2D eigenvalue weighted by molar-refractivity contribution is 5.94. The summed E-state index contributed by atoms with van der Waals surface area (Å²) in [7, 11) is 0. The van der Waals surface area contributed by atoms with Gasteiger partial charge in [0.15, 0.2) is 0 Å². The zero-order chi connectivity index (χ0) is 23.5. The van der Waals surface area contributed by atoms with Crippen molar-refractivity contribution in [3.8, 4) is 5.75 Å². The fraction of sp³-hybridized carbons (Fsp3) is 0.379. The molecule has 0 saturated heterocycles. The SMILES string of the molecule is CC(O)CNC(=O)c1ccc(C2(c3ccc(OCc4ccccn4)cc3)CC3CCC2C3)cc1. The van der Waals surface area contributed by atoms with Gasteiger partial charge in [-0.25, -0.2) is 0 Å². The number of carbonyl (C=O) groups excluding carboxylic acids is 1. The first-order chi connectivity index (χ1) is 16.5. The van der Waals surface area contributed by atoms with Gasteiger partial charge in [0.05, 0.1) is 11.8 Å². The first-order valence-corrected chi connectivity index (χ1v) is 12.2. The molecule has 5 nitrogen and oxygen atoms in total. The lowest BCUT2D eigenvalue weighted by molar-refractivity contribution is 0.0924. The fourth-order valence-electron chi connectivity index (χ4n) is 5.95. The summed E-state index contributed by atoms with van der Waals surface area (Å²) < 4.78 is 5.97. The Kier molecular flexibility index (Phi) is 6.38. The molecule has 2 fully saturated rings. The number of rotatable bonds is 8. The molecule has 34 heavy (non-hydrogen) atoms. The number of hydrogen-bond acceptors (Lipinski definition) is 4. The van der Waals surface area contributed by atoms with Crippen LogP contribution in [0, 0.1) is 11.8 Å². The predicted octanol–water partition coefficient (Wildman–Crippen LogP) is 4.88. The molecule has 2 bridgehead atoms. The van der Waals surface area contributed by atoms with Gasteiger partial charge in [-0.2, -0.15) is 0 Å². The van der Waals surface area contributed by atoms with Crippen LogP contribution in [0.15, 0.2) is 72.9 Å². The zero-order valence-electron chi connectivity index (χ0n) is 19.6. The van der Waals surface area contributed by atoms with Gasteiger partial charge < -0.3 is 15.2 Å². The normalized spacial score (nSPS) is 24.1. The Morgan fingerprint density at radius 3 is 2.41 bits per heavy atom. The predicted molar refractivity (Wildman–Crippen MR) is 132 cm³/mol. The summed E-state index contributed by atoms with van der Waals surface area (Å²) in [5.41, 5.74) is 4.14. The summed E-state index contributed by atoms with van der Waals surface area (Å²) in [5, 5.41) is 12.2. The second-order valence-electron chi connectivity index (χ2n) is 9.82. The van der Waals surface area contributed by atoms with Gasteiger partial charge in [0, 0.05) is 23.7 Å². The van der Waals surface area contributed by atoms with E-state index in [-0.39, 0.29) is 17.9 Å². The number of benzene rings is 2. The van der Waals surface area contributed by atoms with Crippen molar-refractivity contribution in [1.82, 2.24) is 10.3 Å². The Morgan fingerprint density at radius 1 is 1.09 bits per heavy atom. The molecule has 0 aliphatic heterocycles. The number of fused-ring (bicyclic) bond motifs is 2. The smallest absolute Gasteiger partial charge is 0.251 e. The van der Waals surface area contributed by atoms with E-state index in [4.69, 9.17) is 4.74 Å². The topological polar surface area (TPSA) is 71.5 Å². The third-order valence-electron chi connectivity index (χ3n) is 7.55. The van der Waals surface area contributed by atoms with Gasteiger partial charge in [0.2, 0.25) is 0 Å². The van der Waals surface area contributed by atoms with Crippen LogP contribution < -0.4 is 10.1 Å². The summed E-state index contributed by atoms with van der Waals surface area (Å²) in [5.74, 6) is 2.08. The molecule has 2 aliphatic rings. The molecule has 2 saturated carbocycles. The molecule has 5 heteroatoms. The van der Waals surface area contributed by atoms with Crippen LogP contribution in [0.2, 0.25) is 0 Å². The molecular weight excluding hydrogens is 424 g/mol. The van der Waals surface area contributed by atoms with Crippen molar-refractivity contribution in [2.75, 3.05) is 6.54 Å². The third-order valence-corrected chi connectivity index (χ3v) is 7.55. The molecule has 1 amide bonds. The van der Waals surface area contributed by atoms with Gasteiger partial charge in [-0.05, 0) is 85.5 Å². The number of aliphatic hydroxyl groups excluding tert-OH is 1. The monoisotopic (exact) mass is 456 g/mol. The van der Waals surface area contributed by atoms with Gasteiger partial charge in [-0.3, -0.25) is 9.78 Å². The maximum absolute atomic E-state index is 12.4. The van der Waals surface area contributed by atoms with Crippen molar-refractivity contribution >= 4 is 5.91 Å². The van der Waals surface area contributed by atoms with Crippen LogP contribution in [-0.4, -0.2) is 28.6 Å². The molecule has 0 spiro atoms. The van der Waals surface area contributed by atoms with Crippen LogP contribution >= 0.6 is 0 Å². The largest absolute Gasteiger partial charge is 0.487 e. The van der Waals surface area contributed by atoms with Gasteiger partial charge in [0.1, 0.15) is 12.4 Å². The maximum atomic E-state index is 12.4. The highest BCUT2D eigenvalue weighted by Crippen LogP contribution is 2.60. The number of ether oxygens (including phenoxy) is 1. The van der Waals surface area contributed by atoms with Crippen molar-refractivity contribution < 1.29 is 14.6 Å². The van der Waals surface area contributed by atoms with Crippen LogP contribution in [0.1, 0.15) is 59.8 Å². The first kappa shape index (κ1) is 22.6. The number of pyridine rings is 1. The van der Waals surface area contributed by atoms with Crippen molar-refractivity contribution in [3.05, 3.63) is 95.3 Å². The van der Waals surface area contributed by atoms with Crippen molar-refractivity contribution in [1.29, 1.82) is 0 Å². The molecule has 4 atom stereocenters. The average molecular weight is 457 g/mol. The average Bonchev–Trinajstić information content (AvgIpc) is 3.49. The van der Waals surface area contributed by atoms with Crippen LogP contribution in [0.3, 0.4) is 0 Å². The highest BCUT2D eigenvalue weighted by Gasteiger charge is 2.52. The summed E-state index contributed by atoms with van der Waals surface area (Å²) in [6.07, 6.45) is 6.21. The molecular formula is C29H32N2O3. The first-order valence-electron chi connectivity index (χ1n) is 12.2. The minimum absolute atomic E-state index is 0.0168. The lowest BCUT2D eigenvalue weighted by Gasteiger charge is -2.39. The second kappa shape index (κ2) is 9.59. The molecule has 3 aromatic rings. The van der Waals surface area contributed by atoms with E-state index in [0.717, 1.165) is 23.8 Å². The third kappa shape index (κ3) is 4.45. The molecule has 2 aliphatic carbocycles. The lowest BCUT2D eigenvalue weighted by Crippen LogP contribution is -2.34. The number of amides is 1. The Labute approximate surface area is 201 Å². The summed E-state index contributed by atoms with van der Waals surface area (Å²) in [6, 6.07) is 22.5. The van der Waals surface area contributed by atoms with Gasteiger partial charge >= 0.3 is 0 Å². The molecule has 4 unspecified atom stereocenters. The Balaban J connectivity index is 1.37. The van der Waals surface area contributed by atoms with E-state index in [1.54, 1.807) is 13.1 Å². The minimum atomic E-state index is -0.559. The van der Waals surface area contributed by atoms with E-state index in [1.165, 1.54) is 30.4 Å². The van der Waals surface area contributed by atoms with Crippen LogP contribution in [-0.2, 0) is 12.0 Å². The summed E-state index contributed by atoms with van der Waals surface area (Å²) in [6.45, 7) is 2.37. The van der Waals surface area contributed by atoms with E-state index in [2.05, 4.69) is 46.7 Å². The maximum Gasteiger partial charge on any atom is 0.251 e. The van der Waals surface area contributed by atoms with E-state index in [9.17, 15) is 9.90 Å². The molecule has 2 N–H and O–H groups in total. The molecule has 0 radical (unpaired) electrons. The minimum Gasteiger partial charge on any atom is -0.487 e. The van der Waals surface area contributed by atoms with Crippen LogP contribution in [0.5, 0.6) is 5.75 Å². The lowest BCUT2D eigenvalue weighted by atomic mass is 9.64. The van der Waals surface area contributed by atoms with Crippen molar-refractivity contribution in [2.24, 2.45) is 11.8 Å². The number of hydrogen-bond donors (Lipinski definition) is 2. The van der Waals surface area contributed by atoms with Gasteiger partial charge in [0.25, 0.3) is 5.91 Å². The molecule has 176 valence electrons. The van der Waals surface area contributed by atoms with Crippen LogP contribution in [0.4, 0.5) is 0 Å². The van der Waals surface area contributed by atoms with E-state index < -0.39 is 6.10 Å². The summed E-state index contributed by atoms with van der Waals surface area (Å²) >= 11 is 0. The number of aliphatic hydroxyl groups is 1. The van der Waals surface area contributed by atoms with Crippen LogP contribution in [0.25, 0.3) is 0 Å². The Bertz CT molecular complexity index is 1110. The Morgan fingerprint density at radius 2 is 1.82 bits per heavy atom. The van der Waals surface area contributed by atoms with E-state index in [0.29, 0.717) is 18.1 Å². The van der Waals surface area contributed by atoms with Gasteiger partial charge in [-0.1, -0.05) is 36.8 Å².